The monoisotopic (exact) mass is 364 g/mol. The highest BCUT2D eigenvalue weighted by Gasteiger charge is 2.57. The molecule has 7 atom stereocenters. The van der Waals surface area contributed by atoms with Gasteiger partial charge in [0.05, 0.1) is 18.6 Å². The maximum absolute atomic E-state index is 12.2. The van der Waals surface area contributed by atoms with Crippen molar-refractivity contribution >= 4 is 11.9 Å². The number of hydrogen-bond donors (Lipinski definition) is 3. The van der Waals surface area contributed by atoms with Crippen molar-refractivity contribution in [1.82, 2.24) is 0 Å². The van der Waals surface area contributed by atoms with Crippen LogP contribution in [-0.4, -0.2) is 57.8 Å². The maximum atomic E-state index is 12.2. The molecule has 0 aromatic rings. The lowest BCUT2D eigenvalue weighted by atomic mass is 9.81. The van der Waals surface area contributed by atoms with Crippen LogP contribution in [0.3, 0.4) is 0 Å². The van der Waals surface area contributed by atoms with Gasteiger partial charge in [0.25, 0.3) is 0 Å². The van der Waals surface area contributed by atoms with Crippen LogP contribution < -0.4 is 0 Å². The summed E-state index contributed by atoms with van der Waals surface area (Å²) in [5.41, 5.74) is -0.543. The van der Waals surface area contributed by atoms with Crippen LogP contribution >= 0.6 is 0 Å². The normalized spacial score (nSPS) is 38.9. The van der Waals surface area contributed by atoms with Crippen LogP contribution in [0.1, 0.15) is 19.8 Å². The first kappa shape index (κ1) is 18.8. The van der Waals surface area contributed by atoms with Gasteiger partial charge in [-0.25, -0.2) is 9.59 Å². The number of fused-ring (bicyclic) bond motifs is 3. The van der Waals surface area contributed by atoms with E-state index in [0.29, 0.717) is 12.0 Å². The second kappa shape index (κ2) is 6.33. The lowest BCUT2D eigenvalue weighted by molar-refractivity contribution is -0.176. The van der Waals surface area contributed by atoms with Crippen molar-refractivity contribution in [3.05, 3.63) is 36.5 Å². The number of aliphatic hydroxyl groups excluding tert-OH is 2. The van der Waals surface area contributed by atoms with Crippen molar-refractivity contribution in [3.63, 3.8) is 0 Å². The number of carbonyl (C=O) groups excluding carboxylic acids is 2. The van der Waals surface area contributed by atoms with E-state index >= 15 is 0 Å². The molecule has 3 N–H and O–H groups in total. The van der Waals surface area contributed by atoms with Gasteiger partial charge in [-0.3, -0.25) is 0 Å². The molecule has 0 aromatic carbocycles. The number of hydrogen-bond acceptors (Lipinski definition) is 7. The van der Waals surface area contributed by atoms with E-state index in [0.717, 1.165) is 12.5 Å². The zero-order valence-corrected chi connectivity index (χ0v) is 14.7. The van der Waals surface area contributed by atoms with E-state index < -0.39 is 48.4 Å². The van der Waals surface area contributed by atoms with Gasteiger partial charge in [-0.1, -0.05) is 25.3 Å². The van der Waals surface area contributed by atoms with Gasteiger partial charge in [-0.15, -0.1) is 0 Å². The van der Waals surface area contributed by atoms with Gasteiger partial charge in [0.15, 0.2) is 5.60 Å². The van der Waals surface area contributed by atoms with E-state index in [2.05, 4.69) is 19.7 Å². The first-order valence-electron chi connectivity index (χ1n) is 8.57. The van der Waals surface area contributed by atoms with Crippen LogP contribution in [0.15, 0.2) is 36.5 Å². The molecule has 0 amide bonds. The molecular formula is C19H24O7. The average Bonchev–Trinajstić information content (AvgIpc) is 2.99. The lowest BCUT2D eigenvalue weighted by Gasteiger charge is -2.30. The first-order chi connectivity index (χ1) is 12.1. The molecule has 142 valence electrons. The Morgan fingerprint density at radius 1 is 1.35 bits per heavy atom. The Labute approximate surface area is 151 Å². The fourth-order valence-corrected chi connectivity index (χ4v) is 4.20. The number of ether oxygens (including phenoxy) is 2. The summed E-state index contributed by atoms with van der Waals surface area (Å²) in [7, 11) is 0. The molecule has 1 saturated heterocycles. The Kier molecular flexibility index (Phi) is 4.58. The van der Waals surface area contributed by atoms with E-state index in [1.807, 2.05) is 0 Å². The highest BCUT2D eigenvalue weighted by Crippen LogP contribution is 2.52. The molecule has 3 fully saturated rings. The standard InChI is InChI=1S/C19H24O7/c1-8-5-13(25-18(23)19(4,24)7-20)15-10(3)17(22)26-16(15)14-9(2)12(21)6-11(8)14/h11-16,20-21,24H,1-3,5-7H2,4H3/t11-,12-,13-,14-,15+,16+,19?/m0/s1. The fraction of sp³-hybridized carbons (Fsp3) is 0.579. The molecule has 26 heavy (non-hydrogen) atoms. The van der Waals surface area contributed by atoms with Gasteiger partial charge >= 0.3 is 11.9 Å². The molecule has 0 aromatic heterocycles. The molecule has 3 aliphatic rings. The summed E-state index contributed by atoms with van der Waals surface area (Å²) in [4.78, 5) is 24.4. The summed E-state index contributed by atoms with van der Waals surface area (Å²) in [5, 5.41) is 29.3. The van der Waals surface area contributed by atoms with Crippen molar-refractivity contribution in [2.75, 3.05) is 6.61 Å². The van der Waals surface area contributed by atoms with Crippen LogP contribution in [0.2, 0.25) is 0 Å². The first-order valence-corrected chi connectivity index (χ1v) is 8.57. The predicted molar refractivity (Wildman–Crippen MR) is 90.6 cm³/mol. The van der Waals surface area contributed by atoms with Crippen LogP contribution in [0.5, 0.6) is 0 Å². The van der Waals surface area contributed by atoms with Gasteiger partial charge in [-0.2, -0.15) is 0 Å². The molecule has 2 aliphatic carbocycles. The van der Waals surface area contributed by atoms with E-state index in [1.165, 1.54) is 0 Å². The van der Waals surface area contributed by atoms with Gasteiger partial charge in [0, 0.05) is 17.9 Å². The molecule has 0 spiro atoms. The minimum absolute atomic E-state index is 0.147. The second-order valence-corrected chi connectivity index (χ2v) is 7.62. The molecule has 7 heteroatoms. The number of esters is 2. The largest absolute Gasteiger partial charge is 0.459 e. The van der Waals surface area contributed by atoms with Crippen LogP contribution in [0.25, 0.3) is 0 Å². The zero-order valence-electron chi connectivity index (χ0n) is 14.7. The molecule has 1 heterocycles. The average molecular weight is 364 g/mol. The summed E-state index contributed by atoms with van der Waals surface area (Å²) in [6, 6.07) is 0. The SMILES string of the molecule is C=C1C(=O)O[C@@H]2[C@H]3C(=C)[C@@H](O)C[C@H]3C(=C)C[C@H](OC(=O)C(C)(O)CO)[C@@H]12. The van der Waals surface area contributed by atoms with Gasteiger partial charge in [0.2, 0.25) is 0 Å². The van der Waals surface area contributed by atoms with E-state index in [-0.39, 0.29) is 23.8 Å². The van der Waals surface area contributed by atoms with E-state index in [4.69, 9.17) is 9.47 Å². The van der Waals surface area contributed by atoms with Crippen molar-refractivity contribution in [2.24, 2.45) is 17.8 Å². The topological polar surface area (TPSA) is 113 Å². The zero-order chi connectivity index (χ0) is 19.4. The Bertz CT molecular complexity index is 692. The van der Waals surface area contributed by atoms with Crippen LogP contribution in [0, 0.1) is 17.8 Å². The highest BCUT2D eigenvalue weighted by atomic mass is 16.6. The third-order valence-corrected chi connectivity index (χ3v) is 5.78. The smallest absolute Gasteiger partial charge is 0.340 e. The highest BCUT2D eigenvalue weighted by molar-refractivity contribution is 5.91. The Balaban J connectivity index is 1.96. The van der Waals surface area contributed by atoms with Crippen LogP contribution in [-0.2, 0) is 19.1 Å². The predicted octanol–water partition coefficient (Wildman–Crippen LogP) is 0.252. The Hall–Kier alpha value is -1.96. The Morgan fingerprint density at radius 3 is 2.62 bits per heavy atom. The van der Waals surface area contributed by atoms with Crippen molar-refractivity contribution in [2.45, 2.75) is 43.7 Å². The molecule has 7 nitrogen and oxygen atoms in total. The van der Waals surface area contributed by atoms with E-state index in [9.17, 15) is 24.9 Å². The van der Waals surface area contributed by atoms with E-state index in [1.54, 1.807) is 0 Å². The number of rotatable bonds is 3. The molecule has 1 unspecified atom stereocenters. The van der Waals surface area contributed by atoms with Crippen molar-refractivity contribution in [1.29, 1.82) is 0 Å². The second-order valence-electron chi connectivity index (χ2n) is 7.62. The molecule has 1 aliphatic heterocycles. The van der Waals surface area contributed by atoms with Gasteiger partial charge in [-0.05, 0) is 24.8 Å². The number of carbonyl (C=O) groups is 2. The molecule has 3 rings (SSSR count). The number of aliphatic hydroxyl groups is 3. The van der Waals surface area contributed by atoms with Gasteiger partial charge < -0.3 is 24.8 Å². The minimum Gasteiger partial charge on any atom is -0.459 e. The fourth-order valence-electron chi connectivity index (χ4n) is 4.20. The summed E-state index contributed by atoms with van der Waals surface area (Å²) < 4.78 is 11.0. The summed E-state index contributed by atoms with van der Waals surface area (Å²) in [5.74, 6) is -2.67. The summed E-state index contributed by atoms with van der Waals surface area (Å²) in [6.07, 6.45) is -1.52. The molecule has 2 saturated carbocycles. The summed E-state index contributed by atoms with van der Waals surface area (Å²) >= 11 is 0. The van der Waals surface area contributed by atoms with Crippen LogP contribution in [0.4, 0.5) is 0 Å². The molecular weight excluding hydrogens is 340 g/mol. The third-order valence-electron chi connectivity index (χ3n) is 5.78. The minimum atomic E-state index is -2.05. The summed E-state index contributed by atoms with van der Waals surface area (Å²) in [6.45, 7) is 12.2. The molecule has 0 radical (unpaired) electrons. The van der Waals surface area contributed by atoms with Gasteiger partial charge in [0.1, 0.15) is 12.2 Å². The maximum Gasteiger partial charge on any atom is 0.340 e. The van der Waals surface area contributed by atoms with Crippen molar-refractivity contribution < 1.29 is 34.4 Å². The third kappa shape index (κ3) is 2.80. The Morgan fingerprint density at radius 2 is 2.00 bits per heavy atom. The molecule has 0 bridgehead atoms. The van der Waals surface area contributed by atoms with Crippen molar-refractivity contribution in [3.8, 4) is 0 Å². The quantitative estimate of drug-likeness (QED) is 0.374. The lowest BCUT2D eigenvalue weighted by Crippen LogP contribution is -2.44.